The highest BCUT2D eigenvalue weighted by molar-refractivity contribution is 5.81. The number of aryl methyl sites for hydroxylation is 1. The number of fused-ring (bicyclic) bond motifs is 1. The highest BCUT2D eigenvalue weighted by atomic mass is 16.5. The molecule has 0 radical (unpaired) electrons. The van der Waals surface area contributed by atoms with Crippen LogP contribution in [0.4, 0.5) is 0 Å². The predicted molar refractivity (Wildman–Crippen MR) is 70.8 cm³/mol. The Balaban J connectivity index is 2.24. The molecule has 0 fully saturated rings. The number of nitrogens with zero attached hydrogens (tertiary/aromatic N) is 3. The van der Waals surface area contributed by atoms with Crippen molar-refractivity contribution in [2.24, 2.45) is 0 Å². The Morgan fingerprint density at radius 3 is 3.05 bits per heavy atom. The molecule has 0 aromatic carbocycles. The van der Waals surface area contributed by atoms with Gasteiger partial charge in [0, 0.05) is 19.3 Å². The number of hydrogen-bond acceptors (Lipinski definition) is 4. The fraction of sp³-hybridized carbons (Fsp3) is 0.462. The Hall–Kier alpha value is -2.13. The lowest BCUT2D eigenvalue weighted by molar-refractivity contribution is 0.0750. The molecule has 0 amide bonds. The fourth-order valence-corrected chi connectivity index (χ4v) is 1.95. The summed E-state index contributed by atoms with van der Waals surface area (Å²) in [7, 11) is 0. The summed E-state index contributed by atoms with van der Waals surface area (Å²) in [4.78, 5) is 18.4. The molecule has 0 bridgehead atoms. The van der Waals surface area contributed by atoms with Crippen LogP contribution in [0.25, 0.3) is 11.0 Å². The number of H-pyrrole nitrogens is 1. The van der Waals surface area contributed by atoms with Gasteiger partial charge in [-0.1, -0.05) is 0 Å². The molecule has 0 aliphatic carbocycles. The zero-order chi connectivity index (χ0) is 13.8. The third-order valence-corrected chi connectivity index (χ3v) is 2.77. The van der Waals surface area contributed by atoms with E-state index in [-0.39, 0.29) is 11.7 Å². The zero-order valence-electron chi connectivity index (χ0n) is 11.0. The normalized spacial score (nSPS) is 11.1. The standard InChI is InChI=1S/C13H16N4O2/c1-9(2)19-5-3-4-17-7-10(6-14)11-12(17)13(18)16-8-15-11/h7-9H,3-5H2,1-2H3,(H,15,16,18). The van der Waals surface area contributed by atoms with Gasteiger partial charge in [0.15, 0.2) is 0 Å². The van der Waals surface area contributed by atoms with Gasteiger partial charge in [0.1, 0.15) is 17.1 Å². The molecule has 0 unspecified atom stereocenters. The topological polar surface area (TPSA) is 83.7 Å². The number of nitriles is 1. The van der Waals surface area contributed by atoms with E-state index >= 15 is 0 Å². The van der Waals surface area contributed by atoms with Gasteiger partial charge in [-0.3, -0.25) is 4.79 Å². The molecule has 2 aromatic heterocycles. The number of aromatic nitrogens is 3. The smallest absolute Gasteiger partial charge is 0.275 e. The molecular weight excluding hydrogens is 244 g/mol. The van der Waals surface area contributed by atoms with E-state index in [0.717, 1.165) is 6.42 Å². The highest BCUT2D eigenvalue weighted by Crippen LogP contribution is 2.15. The van der Waals surface area contributed by atoms with Crippen molar-refractivity contribution in [2.45, 2.75) is 32.9 Å². The molecule has 0 spiro atoms. The van der Waals surface area contributed by atoms with E-state index in [1.54, 1.807) is 10.8 Å². The minimum Gasteiger partial charge on any atom is -0.379 e. The van der Waals surface area contributed by atoms with Crippen molar-refractivity contribution in [1.29, 1.82) is 5.26 Å². The average Bonchev–Trinajstić information content (AvgIpc) is 2.74. The van der Waals surface area contributed by atoms with Gasteiger partial charge >= 0.3 is 0 Å². The van der Waals surface area contributed by atoms with Crippen molar-refractivity contribution >= 4 is 11.0 Å². The van der Waals surface area contributed by atoms with E-state index in [9.17, 15) is 4.79 Å². The Bertz CT molecular complexity index is 663. The van der Waals surface area contributed by atoms with Gasteiger partial charge in [-0.05, 0) is 20.3 Å². The third kappa shape index (κ3) is 2.83. The monoisotopic (exact) mass is 260 g/mol. The summed E-state index contributed by atoms with van der Waals surface area (Å²) in [6.45, 7) is 5.21. The second kappa shape index (κ2) is 5.67. The summed E-state index contributed by atoms with van der Waals surface area (Å²) < 4.78 is 7.23. The minimum absolute atomic E-state index is 0.196. The van der Waals surface area contributed by atoms with Crippen molar-refractivity contribution in [3.63, 3.8) is 0 Å². The van der Waals surface area contributed by atoms with Crippen molar-refractivity contribution < 1.29 is 4.74 Å². The molecule has 100 valence electrons. The Morgan fingerprint density at radius 1 is 1.58 bits per heavy atom. The molecule has 6 heteroatoms. The maximum absolute atomic E-state index is 11.8. The summed E-state index contributed by atoms with van der Waals surface area (Å²) in [6, 6.07) is 2.06. The summed E-state index contributed by atoms with van der Waals surface area (Å²) in [5.74, 6) is 0. The summed E-state index contributed by atoms with van der Waals surface area (Å²) in [5, 5.41) is 9.04. The molecule has 2 rings (SSSR count). The van der Waals surface area contributed by atoms with Crippen LogP contribution in [0.1, 0.15) is 25.8 Å². The second-order valence-corrected chi connectivity index (χ2v) is 4.55. The first-order chi connectivity index (χ1) is 9.13. The first kappa shape index (κ1) is 13.3. The van der Waals surface area contributed by atoms with Crippen LogP contribution in [0.15, 0.2) is 17.3 Å². The quantitative estimate of drug-likeness (QED) is 0.824. The Labute approximate surface area is 110 Å². The Kier molecular flexibility index (Phi) is 3.97. The average molecular weight is 260 g/mol. The van der Waals surface area contributed by atoms with E-state index in [2.05, 4.69) is 16.0 Å². The number of nitrogens with one attached hydrogen (secondary N) is 1. The van der Waals surface area contributed by atoms with Crippen LogP contribution in [-0.2, 0) is 11.3 Å². The minimum atomic E-state index is -0.226. The lowest BCUT2D eigenvalue weighted by Crippen LogP contribution is -2.12. The van der Waals surface area contributed by atoms with E-state index in [1.165, 1.54) is 6.33 Å². The summed E-state index contributed by atoms with van der Waals surface area (Å²) >= 11 is 0. The summed E-state index contributed by atoms with van der Waals surface area (Å²) in [6.07, 6.45) is 3.96. The molecule has 2 heterocycles. The molecule has 0 atom stereocenters. The van der Waals surface area contributed by atoms with Crippen LogP contribution in [0.5, 0.6) is 0 Å². The van der Waals surface area contributed by atoms with Gasteiger partial charge in [-0.15, -0.1) is 0 Å². The first-order valence-electron chi connectivity index (χ1n) is 6.21. The molecule has 6 nitrogen and oxygen atoms in total. The molecule has 2 aromatic rings. The van der Waals surface area contributed by atoms with Gasteiger partial charge in [0.05, 0.1) is 18.0 Å². The van der Waals surface area contributed by atoms with Gasteiger partial charge in [0.25, 0.3) is 5.56 Å². The largest absolute Gasteiger partial charge is 0.379 e. The Morgan fingerprint density at radius 2 is 2.37 bits per heavy atom. The number of rotatable bonds is 5. The SMILES string of the molecule is CC(C)OCCCn1cc(C#N)c2nc[nH]c(=O)c21. The van der Waals surface area contributed by atoms with Crippen molar-refractivity contribution in [3.8, 4) is 6.07 Å². The van der Waals surface area contributed by atoms with Crippen molar-refractivity contribution in [3.05, 3.63) is 28.4 Å². The van der Waals surface area contributed by atoms with Gasteiger partial charge in [0.2, 0.25) is 0 Å². The van der Waals surface area contributed by atoms with Crippen LogP contribution < -0.4 is 5.56 Å². The zero-order valence-corrected chi connectivity index (χ0v) is 11.0. The lowest BCUT2D eigenvalue weighted by Gasteiger charge is -2.08. The van der Waals surface area contributed by atoms with Crippen LogP contribution in [0, 0.1) is 11.3 Å². The van der Waals surface area contributed by atoms with E-state index < -0.39 is 0 Å². The van der Waals surface area contributed by atoms with Crippen molar-refractivity contribution in [2.75, 3.05) is 6.61 Å². The molecule has 0 aliphatic rings. The second-order valence-electron chi connectivity index (χ2n) is 4.55. The van der Waals surface area contributed by atoms with Crippen LogP contribution in [-0.4, -0.2) is 27.2 Å². The molecule has 19 heavy (non-hydrogen) atoms. The number of ether oxygens (including phenoxy) is 1. The molecule has 0 saturated carbocycles. The highest BCUT2D eigenvalue weighted by Gasteiger charge is 2.12. The van der Waals surface area contributed by atoms with E-state index in [4.69, 9.17) is 10.00 Å². The van der Waals surface area contributed by atoms with E-state index in [1.807, 2.05) is 13.8 Å². The fourth-order valence-electron chi connectivity index (χ4n) is 1.95. The van der Waals surface area contributed by atoms with Gasteiger partial charge in [-0.25, -0.2) is 4.98 Å². The molecule has 0 saturated heterocycles. The van der Waals surface area contributed by atoms with Gasteiger partial charge < -0.3 is 14.3 Å². The van der Waals surface area contributed by atoms with Crippen molar-refractivity contribution in [1.82, 2.24) is 14.5 Å². The molecule has 0 aliphatic heterocycles. The number of aromatic amines is 1. The first-order valence-corrected chi connectivity index (χ1v) is 6.21. The number of hydrogen-bond donors (Lipinski definition) is 1. The molecule has 1 N–H and O–H groups in total. The third-order valence-electron chi connectivity index (χ3n) is 2.77. The van der Waals surface area contributed by atoms with Gasteiger partial charge in [-0.2, -0.15) is 5.26 Å². The van der Waals surface area contributed by atoms with Crippen LogP contribution >= 0.6 is 0 Å². The molecular formula is C13H16N4O2. The summed E-state index contributed by atoms with van der Waals surface area (Å²) in [5.41, 5.74) is 1.10. The van der Waals surface area contributed by atoms with Crippen LogP contribution in [0.2, 0.25) is 0 Å². The van der Waals surface area contributed by atoms with E-state index in [0.29, 0.717) is 29.7 Å². The maximum Gasteiger partial charge on any atom is 0.275 e. The van der Waals surface area contributed by atoms with Crippen LogP contribution in [0.3, 0.4) is 0 Å². The lowest BCUT2D eigenvalue weighted by atomic mass is 10.3. The predicted octanol–water partition coefficient (Wildman–Crippen LogP) is 1.41. The maximum atomic E-state index is 11.8.